The maximum atomic E-state index is 12.7. The predicted octanol–water partition coefficient (Wildman–Crippen LogP) is 4.84. The van der Waals surface area contributed by atoms with Gasteiger partial charge in [0.15, 0.2) is 17.3 Å². The minimum absolute atomic E-state index is 0.181. The molecule has 33 heavy (non-hydrogen) atoms. The molecule has 7 heteroatoms. The van der Waals surface area contributed by atoms with Gasteiger partial charge in [-0.3, -0.25) is 4.79 Å². The highest BCUT2D eigenvalue weighted by Crippen LogP contribution is 2.30. The molecule has 0 saturated carbocycles. The van der Waals surface area contributed by atoms with Crippen molar-refractivity contribution in [2.75, 3.05) is 28.4 Å². The van der Waals surface area contributed by atoms with E-state index < -0.39 is 5.97 Å². The number of hydrogen-bond donors (Lipinski definition) is 0. The van der Waals surface area contributed by atoms with Crippen LogP contribution in [0.5, 0.6) is 28.7 Å². The van der Waals surface area contributed by atoms with Gasteiger partial charge in [-0.05, 0) is 60.2 Å². The molecule has 0 unspecified atom stereocenters. The van der Waals surface area contributed by atoms with Gasteiger partial charge < -0.3 is 23.7 Å². The SMILES string of the molecule is COc1ccc(C=CC(=O)c2ccc(OC(=O)c3c(OC)cccc3OC)cc2)cc1OC. The number of methoxy groups -OCH3 is 4. The maximum absolute atomic E-state index is 12.7. The molecule has 0 heterocycles. The van der Waals surface area contributed by atoms with E-state index in [2.05, 4.69) is 0 Å². The fourth-order valence-corrected chi connectivity index (χ4v) is 3.12. The Labute approximate surface area is 192 Å². The molecule has 0 fully saturated rings. The molecule has 0 saturated heterocycles. The Hall–Kier alpha value is -4.26. The average Bonchev–Trinajstić information content (AvgIpc) is 2.86. The summed E-state index contributed by atoms with van der Waals surface area (Å²) in [6.45, 7) is 0. The van der Waals surface area contributed by atoms with Crippen LogP contribution in [0, 0.1) is 0 Å². The van der Waals surface area contributed by atoms with Crippen LogP contribution in [0.1, 0.15) is 26.3 Å². The highest BCUT2D eigenvalue weighted by molar-refractivity contribution is 6.07. The second-order valence-electron chi connectivity index (χ2n) is 6.76. The molecule has 0 radical (unpaired) electrons. The summed E-state index contributed by atoms with van der Waals surface area (Å²) in [6, 6.07) is 16.6. The lowest BCUT2D eigenvalue weighted by Gasteiger charge is -2.12. The number of carbonyl (C=O) groups is 2. The Kier molecular flexibility index (Phi) is 7.70. The number of esters is 1. The lowest BCUT2D eigenvalue weighted by atomic mass is 10.1. The van der Waals surface area contributed by atoms with Crippen LogP contribution in [-0.2, 0) is 0 Å². The van der Waals surface area contributed by atoms with E-state index in [0.717, 1.165) is 5.56 Å². The topological polar surface area (TPSA) is 80.3 Å². The highest BCUT2D eigenvalue weighted by atomic mass is 16.5. The van der Waals surface area contributed by atoms with Crippen molar-refractivity contribution in [2.24, 2.45) is 0 Å². The molecule has 0 spiro atoms. The van der Waals surface area contributed by atoms with Gasteiger partial charge in [-0.2, -0.15) is 0 Å². The molecular weight excluding hydrogens is 424 g/mol. The van der Waals surface area contributed by atoms with Gasteiger partial charge in [0.1, 0.15) is 22.8 Å². The summed E-state index contributed by atoms with van der Waals surface area (Å²) >= 11 is 0. The zero-order valence-electron chi connectivity index (χ0n) is 18.8. The summed E-state index contributed by atoms with van der Waals surface area (Å²) in [6.07, 6.45) is 3.15. The molecule has 0 atom stereocenters. The van der Waals surface area contributed by atoms with Crippen LogP contribution in [0.2, 0.25) is 0 Å². The lowest BCUT2D eigenvalue weighted by Crippen LogP contribution is -2.12. The van der Waals surface area contributed by atoms with Gasteiger partial charge in [-0.1, -0.05) is 18.2 Å². The second-order valence-corrected chi connectivity index (χ2v) is 6.76. The van der Waals surface area contributed by atoms with Crippen LogP contribution in [0.3, 0.4) is 0 Å². The Bertz CT molecular complexity index is 1140. The van der Waals surface area contributed by atoms with Crippen LogP contribution < -0.4 is 23.7 Å². The van der Waals surface area contributed by atoms with Crippen molar-refractivity contribution >= 4 is 17.8 Å². The molecule has 0 N–H and O–H groups in total. The summed E-state index contributed by atoms with van der Waals surface area (Å²) in [5, 5.41) is 0. The van der Waals surface area contributed by atoms with Crippen LogP contribution >= 0.6 is 0 Å². The molecular formula is C26H24O7. The lowest BCUT2D eigenvalue weighted by molar-refractivity contribution is 0.0727. The third kappa shape index (κ3) is 5.51. The third-order valence-electron chi connectivity index (χ3n) is 4.82. The van der Waals surface area contributed by atoms with Gasteiger partial charge in [0, 0.05) is 5.56 Å². The van der Waals surface area contributed by atoms with E-state index in [-0.39, 0.29) is 17.1 Å². The first-order chi connectivity index (χ1) is 16.0. The van der Waals surface area contributed by atoms with E-state index in [9.17, 15) is 9.59 Å². The number of benzene rings is 3. The Morgan fingerprint density at radius 2 is 1.30 bits per heavy atom. The molecule has 0 aliphatic carbocycles. The molecule has 0 aromatic heterocycles. The standard InChI is InChI=1S/C26H24O7/c1-29-21-15-9-17(16-24(21)32-4)8-14-20(27)18-10-12-19(13-11-18)33-26(28)25-22(30-2)6-5-7-23(25)31-3/h5-16H,1-4H3. The van der Waals surface area contributed by atoms with Crippen LogP contribution in [0.25, 0.3) is 6.08 Å². The van der Waals surface area contributed by atoms with Crippen molar-refractivity contribution in [3.8, 4) is 28.7 Å². The summed E-state index contributed by atoms with van der Waals surface area (Å²) in [7, 11) is 6.03. The highest BCUT2D eigenvalue weighted by Gasteiger charge is 2.20. The molecule has 0 amide bonds. The Morgan fingerprint density at radius 1 is 0.697 bits per heavy atom. The largest absolute Gasteiger partial charge is 0.496 e. The van der Waals surface area contributed by atoms with E-state index in [4.69, 9.17) is 23.7 Å². The third-order valence-corrected chi connectivity index (χ3v) is 4.82. The number of ketones is 1. The smallest absolute Gasteiger partial charge is 0.351 e. The van der Waals surface area contributed by atoms with E-state index in [1.54, 1.807) is 74.9 Å². The predicted molar refractivity (Wildman–Crippen MR) is 124 cm³/mol. The first-order valence-corrected chi connectivity index (χ1v) is 9.98. The van der Waals surface area contributed by atoms with Crippen LogP contribution in [0.15, 0.2) is 66.7 Å². The van der Waals surface area contributed by atoms with E-state index in [1.807, 2.05) is 6.07 Å². The van der Waals surface area contributed by atoms with Gasteiger partial charge in [-0.25, -0.2) is 4.79 Å². The monoisotopic (exact) mass is 448 g/mol. The van der Waals surface area contributed by atoms with Gasteiger partial charge in [0.2, 0.25) is 0 Å². The Morgan fingerprint density at radius 3 is 1.88 bits per heavy atom. The van der Waals surface area contributed by atoms with Crippen molar-refractivity contribution in [1.82, 2.24) is 0 Å². The summed E-state index contributed by atoms with van der Waals surface area (Å²) < 4.78 is 26.4. The van der Waals surface area contributed by atoms with E-state index >= 15 is 0 Å². The summed E-state index contributed by atoms with van der Waals surface area (Å²) in [5.74, 6) is 1.32. The minimum Gasteiger partial charge on any atom is -0.496 e. The normalized spacial score (nSPS) is 10.5. The fourth-order valence-electron chi connectivity index (χ4n) is 3.12. The first kappa shape index (κ1) is 23.4. The number of rotatable bonds is 9. The number of ether oxygens (including phenoxy) is 5. The van der Waals surface area contributed by atoms with Crippen molar-refractivity contribution in [3.05, 3.63) is 83.4 Å². The van der Waals surface area contributed by atoms with Crippen LogP contribution in [-0.4, -0.2) is 40.2 Å². The molecule has 3 aromatic rings. The van der Waals surface area contributed by atoms with Crippen molar-refractivity contribution in [3.63, 3.8) is 0 Å². The molecule has 0 bridgehead atoms. The van der Waals surface area contributed by atoms with Gasteiger partial charge in [0.25, 0.3) is 0 Å². The van der Waals surface area contributed by atoms with Crippen molar-refractivity contribution < 1.29 is 33.3 Å². The molecule has 3 rings (SSSR count). The van der Waals surface area contributed by atoms with Gasteiger partial charge >= 0.3 is 5.97 Å². The molecule has 0 aliphatic rings. The summed E-state index contributed by atoms with van der Waals surface area (Å²) in [5.41, 5.74) is 1.42. The minimum atomic E-state index is -0.628. The Balaban J connectivity index is 1.71. The zero-order valence-corrected chi connectivity index (χ0v) is 18.8. The molecule has 170 valence electrons. The van der Waals surface area contributed by atoms with Gasteiger partial charge in [0.05, 0.1) is 28.4 Å². The van der Waals surface area contributed by atoms with E-state index in [1.165, 1.54) is 20.3 Å². The van der Waals surface area contributed by atoms with Crippen molar-refractivity contribution in [1.29, 1.82) is 0 Å². The number of hydrogen-bond acceptors (Lipinski definition) is 7. The van der Waals surface area contributed by atoms with Crippen molar-refractivity contribution in [2.45, 2.75) is 0 Å². The quantitative estimate of drug-likeness (QED) is 0.201. The van der Waals surface area contributed by atoms with Gasteiger partial charge in [-0.15, -0.1) is 0 Å². The molecule has 3 aromatic carbocycles. The number of carbonyl (C=O) groups excluding carboxylic acids is 2. The molecule has 7 nitrogen and oxygen atoms in total. The first-order valence-electron chi connectivity index (χ1n) is 9.98. The summed E-state index contributed by atoms with van der Waals surface area (Å²) in [4.78, 5) is 25.2. The molecule has 0 aliphatic heterocycles. The fraction of sp³-hybridized carbons (Fsp3) is 0.154. The number of allylic oxidation sites excluding steroid dienone is 1. The maximum Gasteiger partial charge on any atom is 0.351 e. The average molecular weight is 448 g/mol. The second kappa shape index (κ2) is 10.9. The van der Waals surface area contributed by atoms with E-state index in [0.29, 0.717) is 28.6 Å². The van der Waals surface area contributed by atoms with Crippen LogP contribution in [0.4, 0.5) is 0 Å². The zero-order chi connectivity index (χ0) is 23.8.